The van der Waals surface area contributed by atoms with Crippen LogP contribution in [0, 0.1) is 0 Å². The number of carbonyl (C=O) groups excluding carboxylic acids is 1. The first-order valence-electron chi connectivity index (χ1n) is 5.24. The molecule has 0 aliphatic carbocycles. The van der Waals surface area contributed by atoms with Crippen LogP contribution in [-0.4, -0.2) is 5.78 Å². The molecule has 0 saturated carbocycles. The Hall–Kier alpha value is -1.42. The van der Waals surface area contributed by atoms with E-state index in [1.165, 1.54) is 24.3 Å². The summed E-state index contributed by atoms with van der Waals surface area (Å²) in [6.45, 7) is 0. The number of anilines is 2. The highest BCUT2D eigenvalue weighted by atomic mass is 35.5. The SMILES string of the molecule is Nc1cc(N)cc(C(=O)c2c(Cl)cc(Cl)cc2Cl)c1. The van der Waals surface area contributed by atoms with Gasteiger partial charge < -0.3 is 11.5 Å². The first kappa shape index (κ1) is 14.0. The average molecular weight is 316 g/mol. The fourth-order valence-electron chi connectivity index (χ4n) is 1.71. The fraction of sp³-hybridized carbons (Fsp3) is 0. The largest absolute Gasteiger partial charge is 0.399 e. The van der Waals surface area contributed by atoms with Crippen molar-refractivity contribution < 1.29 is 4.79 Å². The number of nitrogen functional groups attached to an aromatic ring is 2. The van der Waals surface area contributed by atoms with Crippen molar-refractivity contribution >= 4 is 52.0 Å². The molecule has 0 aromatic heterocycles. The lowest BCUT2D eigenvalue weighted by atomic mass is 10.0. The molecule has 0 fully saturated rings. The van der Waals surface area contributed by atoms with Gasteiger partial charge in [-0.2, -0.15) is 0 Å². The lowest BCUT2D eigenvalue weighted by Crippen LogP contribution is -2.05. The highest BCUT2D eigenvalue weighted by Gasteiger charge is 2.18. The number of carbonyl (C=O) groups is 1. The van der Waals surface area contributed by atoms with Crippen molar-refractivity contribution in [1.29, 1.82) is 0 Å². The van der Waals surface area contributed by atoms with Crippen molar-refractivity contribution in [2.45, 2.75) is 0 Å². The van der Waals surface area contributed by atoms with E-state index >= 15 is 0 Å². The van der Waals surface area contributed by atoms with Crippen molar-refractivity contribution in [2.24, 2.45) is 0 Å². The van der Waals surface area contributed by atoms with Crippen LogP contribution < -0.4 is 11.5 Å². The van der Waals surface area contributed by atoms with Crippen LogP contribution in [0.5, 0.6) is 0 Å². The first-order valence-corrected chi connectivity index (χ1v) is 6.37. The molecule has 4 N–H and O–H groups in total. The number of benzene rings is 2. The Morgan fingerprint density at radius 2 is 1.32 bits per heavy atom. The summed E-state index contributed by atoms with van der Waals surface area (Å²) in [5.41, 5.74) is 12.6. The lowest BCUT2D eigenvalue weighted by Gasteiger charge is -2.08. The Morgan fingerprint density at radius 3 is 1.79 bits per heavy atom. The predicted octanol–water partition coefficient (Wildman–Crippen LogP) is 4.04. The Labute approximate surface area is 125 Å². The minimum atomic E-state index is -0.356. The van der Waals surface area contributed by atoms with Gasteiger partial charge in [-0.25, -0.2) is 0 Å². The molecule has 2 aromatic rings. The van der Waals surface area contributed by atoms with Crippen LogP contribution in [-0.2, 0) is 0 Å². The zero-order valence-electron chi connectivity index (χ0n) is 9.58. The van der Waals surface area contributed by atoms with Gasteiger partial charge >= 0.3 is 0 Å². The zero-order valence-corrected chi connectivity index (χ0v) is 11.9. The van der Waals surface area contributed by atoms with E-state index in [0.29, 0.717) is 22.0 Å². The molecule has 0 amide bonds. The summed E-state index contributed by atoms with van der Waals surface area (Å²) in [6.07, 6.45) is 0. The number of halogens is 3. The molecular formula is C13H9Cl3N2O. The second-order valence-electron chi connectivity index (χ2n) is 3.96. The van der Waals surface area contributed by atoms with Crippen molar-refractivity contribution in [3.05, 3.63) is 56.5 Å². The van der Waals surface area contributed by atoms with Gasteiger partial charge in [0.05, 0.1) is 15.6 Å². The van der Waals surface area contributed by atoms with Crippen LogP contribution in [0.15, 0.2) is 30.3 Å². The molecule has 0 unspecified atom stereocenters. The molecule has 0 spiro atoms. The van der Waals surface area contributed by atoms with Crippen LogP contribution in [0.2, 0.25) is 15.1 Å². The zero-order chi connectivity index (χ0) is 14.2. The maximum absolute atomic E-state index is 12.4. The highest BCUT2D eigenvalue weighted by molar-refractivity contribution is 6.43. The van der Waals surface area contributed by atoms with Gasteiger partial charge in [0.1, 0.15) is 0 Å². The van der Waals surface area contributed by atoms with E-state index in [4.69, 9.17) is 46.3 Å². The van der Waals surface area contributed by atoms with Gasteiger partial charge in [-0.05, 0) is 30.3 Å². The minimum absolute atomic E-state index is 0.178. The lowest BCUT2D eigenvalue weighted by molar-refractivity contribution is 0.103. The Balaban J connectivity index is 2.56. The summed E-state index contributed by atoms with van der Waals surface area (Å²) in [5.74, 6) is -0.356. The fourth-order valence-corrected chi connectivity index (χ4v) is 2.70. The molecule has 0 bridgehead atoms. The molecule has 0 radical (unpaired) electrons. The van der Waals surface area contributed by atoms with Crippen LogP contribution in [0.25, 0.3) is 0 Å². The van der Waals surface area contributed by atoms with E-state index in [0.717, 1.165) is 0 Å². The summed E-state index contributed by atoms with van der Waals surface area (Å²) in [6, 6.07) is 7.50. The number of ketones is 1. The van der Waals surface area contributed by atoms with Gasteiger partial charge in [0.15, 0.2) is 5.78 Å². The van der Waals surface area contributed by atoms with Gasteiger partial charge in [0, 0.05) is 22.0 Å². The van der Waals surface area contributed by atoms with Gasteiger partial charge in [-0.1, -0.05) is 34.8 Å². The topological polar surface area (TPSA) is 69.1 Å². The number of rotatable bonds is 2. The number of nitrogens with two attached hydrogens (primary N) is 2. The van der Waals surface area contributed by atoms with E-state index in [-0.39, 0.29) is 21.4 Å². The van der Waals surface area contributed by atoms with Gasteiger partial charge in [0.25, 0.3) is 0 Å². The van der Waals surface area contributed by atoms with Crippen molar-refractivity contribution in [1.82, 2.24) is 0 Å². The Morgan fingerprint density at radius 1 is 0.842 bits per heavy atom. The monoisotopic (exact) mass is 314 g/mol. The highest BCUT2D eigenvalue weighted by Crippen LogP contribution is 2.31. The third-order valence-electron chi connectivity index (χ3n) is 2.47. The van der Waals surface area contributed by atoms with Crippen LogP contribution >= 0.6 is 34.8 Å². The maximum Gasteiger partial charge on any atom is 0.196 e. The van der Waals surface area contributed by atoms with Crippen LogP contribution in [0.4, 0.5) is 11.4 Å². The maximum atomic E-state index is 12.4. The molecule has 19 heavy (non-hydrogen) atoms. The van der Waals surface area contributed by atoms with E-state index in [2.05, 4.69) is 0 Å². The molecule has 0 heterocycles. The van der Waals surface area contributed by atoms with E-state index < -0.39 is 0 Å². The normalized spacial score (nSPS) is 10.5. The molecule has 0 saturated heterocycles. The predicted molar refractivity (Wildman–Crippen MR) is 80.2 cm³/mol. The molecule has 0 aliphatic heterocycles. The van der Waals surface area contributed by atoms with Crippen molar-refractivity contribution in [2.75, 3.05) is 11.5 Å². The first-order chi connectivity index (χ1) is 8.88. The summed E-state index contributed by atoms with van der Waals surface area (Å²) in [4.78, 5) is 12.4. The van der Waals surface area contributed by atoms with Crippen molar-refractivity contribution in [3.8, 4) is 0 Å². The second-order valence-corrected chi connectivity index (χ2v) is 5.21. The molecule has 98 valence electrons. The molecule has 0 atom stereocenters. The molecule has 0 aliphatic rings. The van der Waals surface area contributed by atoms with Crippen LogP contribution in [0.3, 0.4) is 0 Å². The van der Waals surface area contributed by atoms with E-state index in [9.17, 15) is 4.79 Å². The molecule has 2 rings (SSSR count). The van der Waals surface area contributed by atoms with Crippen LogP contribution in [0.1, 0.15) is 15.9 Å². The van der Waals surface area contributed by atoms with E-state index in [1.54, 1.807) is 6.07 Å². The standard InChI is InChI=1S/C13H9Cl3N2O/c14-7-3-10(15)12(11(16)4-7)13(19)6-1-8(17)5-9(18)2-6/h1-5H,17-18H2. The Kier molecular flexibility index (Phi) is 3.90. The average Bonchev–Trinajstić information content (AvgIpc) is 2.25. The molecule has 2 aromatic carbocycles. The number of hydrogen-bond acceptors (Lipinski definition) is 3. The van der Waals surface area contributed by atoms with Gasteiger partial charge in [0.2, 0.25) is 0 Å². The van der Waals surface area contributed by atoms with Gasteiger partial charge in [-0.15, -0.1) is 0 Å². The summed E-state index contributed by atoms with van der Waals surface area (Å²) in [5, 5.41) is 0.727. The molecular weight excluding hydrogens is 307 g/mol. The summed E-state index contributed by atoms with van der Waals surface area (Å²) in [7, 11) is 0. The molecule has 6 heteroatoms. The minimum Gasteiger partial charge on any atom is -0.399 e. The number of hydrogen-bond donors (Lipinski definition) is 2. The summed E-state index contributed by atoms with van der Waals surface area (Å²) < 4.78 is 0. The Bertz CT molecular complexity index is 628. The molecule has 3 nitrogen and oxygen atoms in total. The smallest absolute Gasteiger partial charge is 0.196 e. The third kappa shape index (κ3) is 2.95. The van der Waals surface area contributed by atoms with E-state index in [1.807, 2.05) is 0 Å². The quantitative estimate of drug-likeness (QED) is 0.649. The third-order valence-corrected chi connectivity index (χ3v) is 3.29. The summed E-state index contributed by atoms with van der Waals surface area (Å²) >= 11 is 17.8. The van der Waals surface area contributed by atoms with Crippen molar-refractivity contribution in [3.63, 3.8) is 0 Å². The van der Waals surface area contributed by atoms with Gasteiger partial charge in [-0.3, -0.25) is 4.79 Å². The second kappa shape index (κ2) is 5.29.